The smallest absolute Gasteiger partial charge is 0.276 e. The number of fused-ring (bicyclic) bond motifs is 2. The number of piperidine rings is 1. The first-order valence-electron chi connectivity index (χ1n) is 10.8. The molecule has 2 unspecified atom stereocenters. The maximum absolute atomic E-state index is 13.0. The predicted molar refractivity (Wildman–Crippen MR) is 118 cm³/mol. The number of aromatic amines is 1. The number of nitrogens with one attached hydrogen (secondary N) is 2. The number of aromatic nitrogens is 5. The van der Waals surface area contributed by atoms with Crippen molar-refractivity contribution in [3.8, 4) is 0 Å². The molecule has 0 spiro atoms. The molecule has 0 bridgehead atoms. The van der Waals surface area contributed by atoms with Crippen molar-refractivity contribution >= 4 is 28.3 Å². The summed E-state index contributed by atoms with van der Waals surface area (Å²) in [6, 6.07) is 0. The second kappa shape index (κ2) is 7.40. The fourth-order valence-corrected chi connectivity index (χ4v) is 4.97. The normalized spacial score (nSPS) is 22.0. The zero-order valence-electron chi connectivity index (χ0n) is 17.8. The molecule has 3 aromatic rings. The van der Waals surface area contributed by atoms with E-state index >= 15 is 0 Å². The highest BCUT2D eigenvalue weighted by Crippen LogP contribution is 2.52. The first-order valence-corrected chi connectivity index (χ1v) is 10.8. The third-order valence-electron chi connectivity index (χ3n) is 6.58. The molecular weight excluding hydrogens is 394 g/mol. The summed E-state index contributed by atoms with van der Waals surface area (Å²) in [4.78, 5) is 34.1. The zero-order chi connectivity index (χ0) is 21.7. The summed E-state index contributed by atoms with van der Waals surface area (Å²) >= 11 is 0. The highest BCUT2D eigenvalue weighted by atomic mass is 16.2. The Balaban J connectivity index is 1.41. The predicted octanol–water partition coefficient (Wildman–Crippen LogP) is 2.04. The van der Waals surface area contributed by atoms with Crippen LogP contribution in [0.15, 0.2) is 36.2 Å². The quantitative estimate of drug-likeness (QED) is 0.569. The molecule has 1 saturated carbocycles. The van der Waals surface area contributed by atoms with E-state index in [0.29, 0.717) is 35.3 Å². The summed E-state index contributed by atoms with van der Waals surface area (Å²) in [7, 11) is 1.90. The maximum Gasteiger partial charge on any atom is 0.276 e. The van der Waals surface area contributed by atoms with Crippen molar-refractivity contribution in [2.75, 3.05) is 18.4 Å². The molecule has 1 aliphatic carbocycles. The molecule has 2 aliphatic rings. The Hall–Kier alpha value is -3.36. The lowest BCUT2D eigenvalue weighted by Crippen LogP contribution is -2.31. The van der Waals surface area contributed by atoms with E-state index in [1.165, 1.54) is 6.08 Å². The largest absolute Gasteiger partial charge is 0.350 e. The van der Waals surface area contributed by atoms with Crippen LogP contribution in [0.25, 0.3) is 11.0 Å². The van der Waals surface area contributed by atoms with Gasteiger partial charge in [-0.2, -0.15) is 5.10 Å². The molecule has 2 fully saturated rings. The van der Waals surface area contributed by atoms with Gasteiger partial charge in [0.05, 0.1) is 23.4 Å². The molecule has 1 saturated heterocycles. The molecule has 2 N–H and O–H groups in total. The van der Waals surface area contributed by atoms with Crippen molar-refractivity contribution in [3.05, 3.63) is 47.4 Å². The Morgan fingerprint density at radius 3 is 2.81 bits per heavy atom. The number of pyridine rings is 1. The number of amides is 1. The van der Waals surface area contributed by atoms with Crippen LogP contribution >= 0.6 is 0 Å². The first-order chi connectivity index (χ1) is 15.0. The average Bonchev–Trinajstić information content (AvgIpc) is 3.21. The fraction of sp³-hybridized carbons (Fsp3) is 0.455. The Labute approximate surface area is 179 Å². The number of hydrogen-bond donors (Lipinski definition) is 2. The van der Waals surface area contributed by atoms with Gasteiger partial charge in [-0.05, 0) is 30.3 Å². The van der Waals surface area contributed by atoms with E-state index in [9.17, 15) is 9.59 Å². The first kappa shape index (κ1) is 19.6. The van der Waals surface area contributed by atoms with E-state index in [0.717, 1.165) is 43.0 Å². The lowest BCUT2D eigenvalue weighted by atomic mass is 10.2. The minimum Gasteiger partial charge on any atom is -0.350 e. The number of anilines is 2. The van der Waals surface area contributed by atoms with Crippen molar-refractivity contribution in [2.24, 2.45) is 24.8 Å². The van der Waals surface area contributed by atoms with Crippen molar-refractivity contribution in [1.29, 1.82) is 0 Å². The Morgan fingerprint density at radius 1 is 1.32 bits per heavy atom. The van der Waals surface area contributed by atoms with Crippen LogP contribution in [-0.2, 0) is 24.8 Å². The van der Waals surface area contributed by atoms with Gasteiger partial charge in [0.25, 0.3) is 5.56 Å². The van der Waals surface area contributed by atoms with Crippen molar-refractivity contribution in [2.45, 2.75) is 26.3 Å². The van der Waals surface area contributed by atoms with Crippen LogP contribution in [0, 0.1) is 17.8 Å². The molecule has 31 heavy (non-hydrogen) atoms. The van der Waals surface area contributed by atoms with Crippen LogP contribution in [0.4, 0.5) is 11.4 Å². The Bertz CT molecular complexity index is 1210. The van der Waals surface area contributed by atoms with Gasteiger partial charge in [-0.15, -0.1) is 0 Å². The van der Waals surface area contributed by atoms with Gasteiger partial charge in [0.2, 0.25) is 5.91 Å². The van der Waals surface area contributed by atoms with Gasteiger partial charge in [0.15, 0.2) is 0 Å². The number of H-pyrrole nitrogens is 1. The molecule has 1 amide bonds. The second-order valence-electron chi connectivity index (χ2n) is 8.60. The second-order valence-corrected chi connectivity index (χ2v) is 8.60. The number of carbonyl (C=O) groups excluding carboxylic acids is 1. The van der Waals surface area contributed by atoms with E-state index in [1.54, 1.807) is 15.6 Å². The molecule has 2 atom stereocenters. The highest BCUT2D eigenvalue weighted by Gasteiger charge is 2.56. The maximum atomic E-state index is 13.0. The minimum atomic E-state index is -0.0676. The standard InChI is InChI=1S/C22H27N7O2/c1-4-6-16-17(10-27(3)26-16)25-18-11-29(22(31)21-20(18)23-12-24-21)9-15-13-7-28(8-14(13)15)19(30)5-2/h5,10-15,25H,2,4,6-9H2,1,3H3,(H,23,24). The van der Waals surface area contributed by atoms with Crippen LogP contribution < -0.4 is 10.9 Å². The molecule has 5 rings (SSSR count). The zero-order valence-corrected chi connectivity index (χ0v) is 17.8. The molecule has 3 aromatic heterocycles. The number of rotatable bonds is 7. The van der Waals surface area contributed by atoms with Crippen molar-refractivity contribution in [1.82, 2.24) is 29.2 Å². The van der Waals surface area contributed by atoms with Gasteiger partial charge < -0.3 is 19.8 Å². The summed E-state index contributed by atoms with van der Waals surface area (Å²) in [5.41, 5.74) is 3.78. The van der Waals surface area contributed by atoms with Gasteiger partial charge >= 0.3 is 0 Å². The number of aryl methyl sites for hydroxylation is 2. The van der Waals surface area contributed by atoms with Crippen molar-refractivity contribution in [3.63, 3.8) is 0 Å². The van der Waals surface area contributed by atoms with E-state index < -0.39 is 0 Å². The van der Waals surface area contributed by atoms with Crippen LogP contribution in [-0.4, -0.2) is 48.2 Å². The van der Waals surface area contributed by atoms with E-state index in [2.05, 4.69) is 33.9 Å². The molecule has 0 radical (unpaired) electrons. The molecule has 1 aliphatic heterocycles. The third-order valence-corrected chi connectivity index (χ3v) is 6.58. The van der Waals surface area contributed by atoms with Gasteiger partial charge in [0, 0.05) is 39.1 Å². The average molecular weight is 422 g/mol. The molecule has 9 nitrogen and oxygen atoms in total. The third kappa shape index (κ3) is 3.34. The minimum absolute atomic E-state index is 0.00663. The lowest BCUT2D eigenvalue weighted by Gasteiger charge is -2.18. The summed E-state index contributed by atoms with van der Waals surface area (Å²) in [5, 5.41) is 8.01. The SMILES string of the molecule is C=CC(=O)N1CC2C(C1)C2Cn1cc(Nc2cn(C)nc2CCC)c2nc[nH]c2c1=O. The molecule has 9 heteroatoms. The molecular formula is C22H27N7O2. The lowest BCUT2D eigenvalue weighted by molar-refractivity contribution is -0.125. The van der Waals surface area contributed by atoms with Crippen LogP contribution in [0.1, 0.15) is 19.0 Å². The molecule has 162 valence electrons. The molecule has 0 aromatic carbocycles. The van der Waals surface area contributed by atoms with Crippen molar-refractivity contribution < 1.29 is 4.79 Å². The van der Waals surface area contributed by atoms with Gasteiger partial charge in [-0.3, -0.25) is 14.3 Å². The molecule has 4 heterocycles. The van der Waals surface area contributed by atoms with E-state index in [1.807, 2.05) is 24.3 Å². The van der Waals surface area contributed by atoms with Gasteiger partial charge in [-0.1, -0.05) is 19.9 Å². The highest BCUT2D eigenvalue weighted by molar-refractivity contribution is 5.89. The van der Waals surface area contributed by atoms with Gasteiger partial charge in [0.1, 0.15) is 11.0 Å². The summed E-state index contributed by atoms with van der Waals surface area (Å²) in [5.74, 6) is 1.32. The number of imidazole rings is 1. The Morgan fingerprint density at radius 2 is 2.10 bits per heavy atom. The van der Waals surface area contributed by atoms with Crippen LogP contribution in [0.2, 0.25) is 0 Å². The van der Waals surface area contributed by atoms with Gasteiger partial charge in [-0.25, -0.2) is 4.98 Å². The number of likely N-dealkylation sites (tertiary alicyclic amines) is 1. The number of hydrogen-bond acceptors (Lipinski definition) is 5. The van der Waals surface area contributed by atoms with Crippen LogP contribution in [0.5, 0.6) is 0 Å². The monoisotopic (exact) mass is 421 g/mol. The number of nitrogens with zero attached hydrogens (tertiary/aromatic N) is 5. The summed E-state index contributed by atoms with van der Waals surface area (Å²) in [6.45, 7) is 7.84. The van der Waals surface area contributed by atoms with E-state index in [4.69, 9.17) is 0 Å². The number of carbonyl (C=O) groups is 1. The summed E-state index contributed by atoms with van der Waals surface area (Å²) < 4.78 is 3.58. The summed E-state index contributed by atoms with van der Waals surface area (Å²) in [6.07, 6.45) is 8.63. The Kier molecular flexibility index (Phi) is 4.68. The van der Waals surface area contributed by atoms with E-state index in [-0.39, 0.29) is 11.5 Å². The fourth-order valence-electron chi connectivity index (χ4n) is 4.97. The topological polar surface area (TPSA) is 101 Å². The van der Waals surface area contributed by atoms with Crippen LogP contribution in [0.3, 0.4) is 0 Å².